The van der Waals surface area contributed by atoms with Crippen LogP contribution in [0.2, 0.25) is 0 Å². The Morgan fingerprint density at radius 3 is 2.64 bits per heavy atom. The summed E-state index contributed by atoms with van der Waals surface area (Å²) in [4.78, 5) is 11.0. The zero-order valence-corrected chi connectivity index (χ0v) is 16.8. The first-order valence-electron chi connectivity index (χ1n) is 9.35. The maximum Gasteiger partial charge on any atom is 0.308 e. The summed E-state index contributed by atoms with van der Waals surface area (Å²) in [6, 6.07) is 13.9. The molecule has 0 N–H and O–H groups in total. The van der Waals surface area contributed by atoms with Crippen LogP contribution in [-0.4, -0.2) is 27.1 Å². The van der Waals surface area contributed by atoms with E-state index in [9.17, 15) is 13.4 Å². The van der Waals surface area contributed by atoms with Gasteiger partial charge in [-0.1, -0.05) is 37.3 Å². The number of nitrogens with zero attached hydrogens (tertiary/aromatic N) is 1. The topological polar surface area (TPSA) is 55.8 Å². The van der Waals surface area contributed by atoms with Gasteiger partial charge in [-0.15, -0.1) is 0 Å². The first kappa shape index (κ1) is 20.6. The lowest BCUT2D eigenvalue weighted by Crippen LogP contribution is -2.33. The van der Waals surface area contributed by atoms with Crippen molar-refractivity contribution in [2.45, 2.75) is 45.3 Å². The van der Waals surface area contributed by atoms with Crippen LogP contribution in [0.1, 0.15) is 43.9 Å². The van der Waals surface area contributed by atoms with Crippen molar-refractivity contribution in [1.82, 2.24) is 4.31 Å². The van der Waals surface area contributed by atoms with E-state index in [0.29, 0.717) is 17.9 Å². The SMILES string of the molecule is CC[C@H](CCc1ccc(OC(C)=O)cc1)N1C[C@H](c2ccccc2F)OS1=O. The molecule has 0 amide bonds. The number of ether oxygens (including phenoxy) is 1. The Bertz CT molecular complexity index is 843. The van der Waals surface area contributed by atoms with Gasteiger partial charge >= 0.3 is 5.97 Å². The summed E-state index contributed by atoms with van der Waals surface area (Å²) in [5, 5.41) is 0. The van der Waals surface area contributed by atoms with Crippen LogP contribution in [0.4, 0.5) is 4.39 Å². The van der Waals surface area contributed by atoms with Gasteiger partial charge in [0.1, 0.15) is 17.7 Å². The van der Waals surface area contributed by atoms with Crippen molar-refractivity contribution in [3.63, 3.8) is 0 Å². The first-order chi connectivity index (χ1) is 13.5. The van der Waals surface area contributed by atoms with Crippen molar-refractivity contribution < 1.29 is 22.3 Å². The molecule has 1 aliphatic rings. The molecule has 3 atom stereocenters. The van der Waals surface area contributed by atoms with Gasteiger partial charge in [0.2, 0.25) is 11.3 Å². The highest BCUT2D eigenvalue weighted by molar-refractivity contribution is 7.78. The molecule has 1 saturated heterocycles. The summed E-state index contributed by atoms with van der Waals surface area (Å²) in [5.41, 5.74) is 1.54. The third kappa shape index (κ3) is 5.04. The fourth-order valence-electron chi connectivity index (χ4n) is 3.34. The number of hydrogen-bond donors (Lipinski definition) is 0. The summed E-state index contributed by atoms with van der Waals surface area (Å²) in [6.45, 7) is 3.81. The van der Waals surface area contributed by atoms with Crippen LogP contribution in [0.15, 0.2) is 48.5 Å². The van der Waals surface area contributed by atoms with Gasteiger partial charge in [-0.2, -0.15) is 4.31 Å². The highest BCUT2D eigenvalue weighted by atomic mass is 32.2. The van der Waals surface area contributed by atoms with E-state index >= 15 is 0 Å². The molecule has 3 rings (SSSR count). The van der Waals surface area contributed by atoms with Gasteiger partial charge in [-0.25, -0.2) is 8.60 Å². The number of esters is 1. The van der Waals surface area contributed by atoms with Gasteiger partial charge in [0.05, 0.1) is 0 Å². The second-order valence-electron chi connectivity index (χ2n) is 6.76. The predicted molar refractivity (Wildman–Crippen MR) is 105 cm³/mol. The summed E-state index contributed by atoms with van der Waals surface area (Å²) in [5.74, 6) is -0.169. The average molecular weight is 405 g/mol. The molecular weight excluding hydrogens is 381 g/mol. The molecule has 0 aromatic heterocycles. The molecule has 0 saturated carbocycles. The normalized spacial score (nSPS) is 20.8. The maximum atomic E-state index is 14.0. The summed E-state index contributed by atoms with van der Waals surface area (Å²) >= 11 is -1.59. The maximum absolute atomic E-state index is 14.0. The van der Waals surface area contributed by atoms with Gasteiger partial charge < -0.3 is 4.74 Å². The van der Waals surface area contributed by atoms with E-state index in [4.69, 9.17) is 8.92 Å². The molecule has 1 aliphatic heterocycles. The molecule has 28 heavy (non-hydrogen) atoms. The zero-order valence-electron chi connectivity index (χ0n) is 16.0. The van der Waals surface area contributed by atoms with Crippen molar-refractivity contribution in [1.29, 1.82) is 0 Å². The molecule has 1 fully saturated rings. The third-order valence-corrected chi connectivity index (χ3v) is 6.04. The van der Waals surface area contributed by atoms with E-state index < -0.39 is 17.4 Å². The second kappa shape index (κ2) is 9.41. The lowest BCUT2D eigenvalue weighted by Gasteiger charge is -2.23. The van der Waals surface area contributed by atoms with E-state index in [1.54, 1.807) is 30.3 Å². The Kier molecular flexibility index (Phi) is 6.93. The standard InChI is InChI=1S/C21H24FNO4S/c1-3-17(11-8-16-9-12-18(13-10-16)26-15(2)24)23-14-21(27-28(23)25)19-6-4-5-7-20(19)22/h4-7,9-10,12-13,17,21H,3,8,11,14H2,1-2H3/t17-,21-,28?/m1/s1. The number of hydrogen-bond acceptors (Lipinski definition) is 4. The molecule has 1 heterocycles. The van der Waals surface area contributed by atoms with Crippen molar-refractivity contribution in [3.8, 4) is 5.75 Å². The van der Waals surface area contributed by atoms with E-state index in [1.807, 2.05) is 23.4 Å². The Morgan fingerprint density at radius 2 is 2.00 bits per heavy atom. The summed E-state index contributed by atoms with van der Waals surface area (Å²) in [6.07, 6.45) is 1.86. The molecule has 2 aromatic carbocycles. The number of aryl methyl sites for hydroxylation is 1. The zero-order chi connectivity index (χ0) is 20.1. The Balaban J connectivity index is 1.61. The number of rotatable bonds is 7. The average Bonchev–Trinajstić information content (AvgIpc) is 3.05. The number of carbonyl (C=O) groups is 1. The fourth-order valence-corrected chi connectivity index (χ4v) is 4.57. The van der Waals surface area contributed by atoms with Crippen molar-refractivity contribution >= 4 is 17.2 Å². The lowest BCUT2D eigenvalue weighted by atomic mass is 10.0. The first-order valence-corrected chi connectivity index (χ1v) is 10.4. The molecule has 2 aromatic rings. The summed E-state index contributed by atoms with van der Waals surface area (Å²) < 4.78 is 38.9. The van der Waals surface area contributed by atoms with E-state index in [2.05, 4.69) is 0 Å². The number of halogens is 1. The van der Waals surface area contributed by atoms with Crippen LogP contribution in [0, 0.1) is 5.82 Å². The third-order valence-electron chi connectivity index (χ3n) is 4.82. The summed E-state index contributed by atoms with van der Waals surface area (Å²) in [7, 11) is 0. The smallest absolute Gasteiger partial charge is 0.308 e. The highest BCUT2D eigenvalue weighted by Crippen LogP contribution is 2.32. The largest absolute Gasteiger partial charge is 0.427 e. The minimum absolute atomic E-state index is 0.0609. The number of benzene rings is 2. The van der Waals surface area contributed by atoms with Crippen LogP contribution >= 0.6 is 0 Å². The van der Waals surface area contributed by atoms with Crippen molar-refractivity contribution in [2.75, 3.05) is 6.54 Å². The van der Waals surface area contributed by atoms with Gasteiger partial charge in [0, 0.05) is 25.1 Å². The van der Waals surface area contributed by atoms with Gasteiger partial charge in [-0.05, 0) is 43.0 Å². The number of carbonyl (C=O) groups excluding carboxylic acids is 1. The molecule has 7 heteroatoms. The quantitative estimate of drug-likeness (QED) is 0.514. The molecule has 150 valence electrons. The molecule has 1 unspecified atom stereocenters. The monoisotopic (exact) mass is 405 g/mol. The highest BCUT2D eigenvalue weighted by Gasteiger charge is 2.36. The molecule has 0 aliphatic carbocycles. The fraction of sp³-hybridized carbons (Fsp3) is 0.381. The van der Waals surface area contributed by atoms with Crippen LogP contribution < -0.4 is 4.74 Å². The van der Waals surface area contributed by atoms with Gasteiger partial charge in [-0.3, -0.25) is 8.98 Å². The minimum Gasteiger partial charge on any atom is -0.427 e. The molecule has 0 bridgehead atoms. The van der Waals surface area contributed by atoms with Crippen LogP contribution in [0.5, 0.6) is 5.75 Å². The second-order valence-corrected chi connectivity index (χ2v) is 7.86. The van der Waals surface area contributed by atoms with Crippen LogP contribution in [0.25, 0.3) is 0 Å². The van der Waals surface area contributed by atoms with Crippen molar-refractivity contribution in [2.24, 2.45) is 0 Å². The van der Waals surface area contributed by atoms with Gasteiger partial charge in [0.15, 0.2) is 0 Å². The van der Waals surface area contributed by atoms with E-state index in [1.165, 1.54) is 13.0 Å². The molecular formula is C21H24FNO4S. The van der Waals surface area contributed by atoms with Gasteiger partial charge in [0.25, 0.3) is 0 Å². The van der Waals surface area contributed by atoms with E-state index in [0.717, 1.165) is 24.8 Å². The van der Waals surface area contributed by atoms with E-state index in [-0.39, 0.29) is 17.8 Å². The Hall–Kier alpha value is -2.09. The van der Waals surface area contributed by atoms with Crippen molar-refractivity contribution in [3.05, 3.63) is 65.5 Å². The van der Waals surface area contributed by atoms with Crippen LogP contribution in [-0.2, 0) is 26.7 Å². The molecule has 5 nitrogen and oxygen atoms in total. The molecule has 0 radical (unpaired) electrons. The lowest BCUT2D eigenvalue weighted by molar-refractivity contribution is -0.131. The Morgan fingerprint density at radius 1 is 1.29 bits per heavy atom. The molecule has 0 spiro atoms. The Labute approximate surface area is 167 Å². The minimum atomic E-state index is -1.59. The predicted octanol–water partition coefficient (Wildman–Crippen LogP) is 4.11. The van der Waals surface area contributed by atoms with Crippen LogP contribution in [0.3, 0.4) is 0 Å².